The molecule has 9 heavy (non-hydrogen) atoms. The largest absolute Gasteiger partial charge is 0.359 e. The molecule has 0 saturated heterocycles. The zero-order valence-corrected chi connectivity index (χ0v) is 5.69. The van der Waals surface area contributed by atoms with Gasteiger partial charge in [-0.25, -0.2) is 0 Å². The van der Waals surface area contributed by atoms with Crippen molar-refractivity contribution in [2.24, 2.45) is 11.5 Å². The van der Waals surface area contributed by atoms with E-state index in [-0.39, 0.29) is 0 Å². The van der Waals surface area contributed by atoms with Crippen LogP contribution in [-0.4, -0.2) is 6.54 Å². The van der Waals surface area contributed by atoms with Gasteiger partial charge in [0, 0.05) is 12.5 Å². The van der Waals surface area contributed by atoms with E-state index in [0.29, 0.717) is 0 Å². The molecule has 0 aromatic rings. The molecule has 0 aromatic heterocycles. The van der Waals surface area contributed by atoms with Crippen LogP contribution in [-0.2, 0) is 0 Å². The third kappa shape index (κ3) is 7.32. The van der Waals surface area contributed by atoms with Gasteiger partial charge in [-0.3, -0.25) is 0 Å². The van der Waals surface area contributed by atoms with E-state index in [1.54, 1.807) is 0 Å². The van der Waals surface area contributed by atoms with Crippen LogP contribution >= 0.6 is 0 Å². The maximum Gasteiger partial charge on any atom is 0.0107 e. The lowest BCUT2D eigenvalue weighted by Crippen LogP contribution is -1.97. The average molecular weight is 126 g/mol. The van der Waals surface area contributed by atoms with E-state index in [1.807, 2.05) is 0 Å². The third-order valence-electron chi connectivity index (χ3n) is 1.11. The molecule has 0 fully saturated rings. The number of hydrogen-bond acceptors (Lipinski definition) is 2. The molecule has 0 amide bonds. The van der Waals surface area contributed by atoms with Gasteiger partial charge in [0.05, 0.1) is 0 Å². The SMILES string of the molecule is NC#CCCCCCN. The minimum Gasteiger partial charge on any atom is -0.359 e. The van der Waals surface area contributed by atoms with Gasteiger partial charge in [-0.1, -0.05) is 12.3 Å². The summed E-state index contributed by atoms with van der Waals surface area (Å²) in [4.78, 5) is 0. The molecule has 52 valence electrons. The first-order chi connectivity index (χ1) is 4.41. The van der Waals surface area contributed by atoms with Gasteiger partial charge in [0.25, 0.3) is 0 Å². The van der Waals surface area contributed by atoms with Crippen molar-refractivity contribution >= 4 is 0 Å². The Morgan fingerprint density at radius 2 is 1.89 bits per heavy atom. The number of unbranched alkanes of at least 4 members (excludes halogenated alkanes) is 3. The van der Waals surface area contributed by atoms with Crippen LogP contribution < -0.4 is 11.5 Å². The van der Waals surface area contributed by atoms with Gasteiger partial charge in [0.2, 0.25) is 0 Å². The van der Waals surface area contributed by atoms with E-state index in [0.717, 1.165) is 25.8 Å². The van der Waals surface area contributed by atoms with Crippen molar-refractivity contribution in [3.05, 3.63) is 0 Å². The van der Waals surface area contributed by atoms with Crippen LogP contribution in [0.15, 0.2) is 0 Å². The van der Waals surface area contributed by atoms with Gasteiger partial charge < -0.3 is 11.5 Å². The Morgan fingerprint density at radius 3 is 2.44 bits per heavy atom. The van der Waals surface area contributed by atoms with Crippen molar-refractivity contribution in [1.82, 2.24) is 0 Å². The predicted molar refractivity (Wildman–Crippen MR) is 39.5 cm³/mol. The highest BCUT2D eigenvalue weighted by Crippen LogP contribution is 1.95. The van der Waals surface area contributed by atoms with Crippen molar-refractivity contribution < 1.29 is 0 Å². The van der Waals surface area contributed by atoms with Crippen LogP contribution in [0.2, 0.25) is 0 Å². The monoisotopic (exact) mass is 126 g/mol. The zero-order chi connectivity index (χ0) is 6.95. The van der Waals surface area contributed by atoms with Crippen molar-refractivity contribution in [2.75, 3.05) is 6.54 Å². The summed E-state index contributed by atoms with van der Waals surface area (Å²) in [6.07, 6.45) is 4.31. The first-order valence-electron chi connectivity index (χ1n) is 3.30. The fourth-order valence-electron chi connectivity index (χ4n) is 0.607. The molecule has 2 nitrogen and oxygen atoms in total. The lowest BCUT2D eigenvalue weighted by Gasteiger charge is -1.91. The Balaban J connectivity index is 2.80. The highest BCUT2D eigenvalue weighted by molar-refractivity contribution is 4.92. The van der Waals surface area contributed by atoms with Gasteiger partial charge in [0.1, 0.15) is 0 Å². The van der Waals surface area contributed by atoms with Crippen LogP contribution in [0, 0.1) is 12.0 Å². The Morgan fingerprint density at radius 1 is 1.11 bits per heavy atom. The first-order valence-corrected chi connectivity index (χ1v) is 3.30. The van der Waals surface area contributed by atoms with Gasteiger partial charge in [-0.05, 0) is 19.4 Å². The predicted octanol–water partition coefficient (Wildman–Crippen LogP) is 0.425. The zero-order valence-electron chi connectivity index (χ0n) is 5.69. The van der Waals surface area contributed by atoms with Gasteiger partial charge in [-0.2, -0.15) is 0 Å². The lowest BCUT2D eigenvalue weighted by atomic mass is 10.2. The Labute approximate surface area is 56.6 Å². The van der Waals surface area contributed by atoms with E-state index >= 15 is 0 Å². The molecule has 0 rings (SSSR count). The van der Waals surface area contributed by atoms with E-state index < -0.39 is 0 Å². The molecule has 0 aliphatic rings. The molecule has 0 aliphatic heterocycles. The lowest BCUT2D eigenvalue weighted by molar-refractivity contribution is 0.701. The summed E-state index contributed by atoms with van der Waals surface area (Å²) < 4.78 is 0. The molecule has 0 saturated carbocycles. The fourth-order valence-corrected chi connectivity index (χ4v) is 0.607. The molecule has 0 radical (unpaired) electrons. The Bertz CT molecular complexity index is 99.2. The molecular weight excluding hydrogens is 112 g/mol. The second kappa shape index (κ2) is 7.32. The van der Waals surface area contributed by atoms with Crippen molar-refractivity contribution in [2.45, 2.75) is 25.7 Å². The highest BCUT2D eigenvalue weighted by Gasteiger charge is 1.82. The molecule has 0 spiro atoms. The second-order valence-electron chi connectivity index (χ2n) is 1.92. The van der Waals surface area contributed by atoms with Gasteiger partial charge in [0.15, 0.2) is 0 Å². The standard InChI is InChI=1S/C7H14N2/c8-6-4-2-1-3-5-7-9/h1-4,6,8-9H2. The maximum absolute atomic E-state index is 5.28. The minimum absolute atomic E-state index is 0.788. The van der Waals surface area contributed by atoms with E-state index in [9.17, 15) is 0 Å². The summed E-state index contributed by atoms with van der Waals surface area (Å²) in [5, 5.41) is 0. The maximum atomic E-state index is 5.28. The van der Waals surface area contributed by atoms with Gasteiger partial charge >= 0.3 is 0 Å². The van der Waals surface area contributed by atoms with Crippen molar-refractivity contribution in [1.29, 1.82) is 0 Å². The molecule has 0 atom stereocenters. The normalized spacial score (nSPS) is 8.11. The number of nitrogens with two attached hydrogens (primary N) is 2. The summed E-state index contributed by atoms with van der Waals surface area (Å²) in [5.41, 5.74) is 10.2. The molecule has 0 aromatic carbocycles. The fraction of sp³-hybridized carbons (Fsp3) is 0.714. The van der Waals surface area contributed by atoms with Crippen LogP contribution in [0.25, 0.3) is 0 Å². The average Bonchev–Trinajstić information content (AvgIpc) is 1.89. The molecule has 2 heteroatoms. The topological polar surface area (TPSA) is 52.0 Å². The Kier molecular flexibility index (Phi) is 6.77. The molecule has 0 bridgehead atoms. The van der Waals surface area contributed by atoms with E-state index in [1.165, 1.54) is 6.42 Å². The summed E-state index contributed by atoms with van der Waals surface area (Å²) in [5.74, 6) is 2.79. The summed E-state index contributed by atoms with van der Waals surface area (Å²) in [7, 11) is 0. The van der Waals surface area contributed by atoms with Crippen LogP contribution in [0.5, 0.6) is 0 Å². The van der Waals surface area contributed by atoms with Crippen molar-refractivity contribution in [3.8, 4) is 12.0 Å². The molecule has 4 N–H and O–H groups in total. The van der Waals surface area contributed by atoms with Crippen molar-refractivity contribution in [3.63, 3.8) is 0 Å². The summed E-state index contributed by atoms with van der Waals surface area (Å²) >= 11 is 0. The van der Waals surface area contributed by atoms with Crippen LogP contribution in [0.4, 0.5) is 0 Å². The molecule has 0 aliphatic carbocycles. The summed E-state index contributed by atoms with van der Waals surface area (Å²) in [6, 6.07) is 2.36. The number of rotatable bonds is 4. The van der Waals surface area contributed by atoms with Crippen LogP contribution in [0.3, 0.4) is 0 Å². The van der Waals surface area contributed by atoms with E-state index in [4.69, 9.17) is 11.5 Å². The van der Waals surface area contributed by atoms with Gasteiger partial charge in [-0.15, -0.1) is 0 Å². The Hall–Kier alpha value is -0.680. The molecule has 0 heterocycles. The minimum atomic E-state index is 0.788. The smallest absolute Gasteiger partial charge is 0.0107 e. The third-order valence-corrected chi connectivity index (χ3v) is 1.11. The molecular formula is C7H14N2. The summed E-state index contributed by atoms with van der Waals surface area (Å²) in [6.45, 7) is 0.788. The van der Waals surface area contributed by atoms with E-state index in [2.05, 4.69) is 12.0 Å². The highest BCUT2D eigenvalue weighted by atomic mass is 14.5. The molecule has 0 unspecified atom stereocenters. The second-order valence-corrected chi connectivity index (χ2v) is 1.92. The number of hydrogen-bond donors (Lipinski definition) is 2. The van der Waals surface area contributed by atoms with Crippen LogP contribution in [0.1, 0.15) is 25.7 Å². The quantitative estimate of drug-likeness (QED) is 0.326. The first kappa shape index (κ1) is 8.32.